The topological polar surface area (TPSA) is 36.3 Å². The summed E-state index contributed by atoms with van der Waals surface area (Å²) in [6, 6.07) is 17.2. The first-order valence-electron chi connectivity index (χ1n) is 10.5. The summed E-state index contributed by atoms with van der Waals surface area (Å²) in [6.07, 6.45) is 0.282. The van der Waals surface area contributed by atoms with E-state index in [1.54, 1.807) is 7.11 Å². The normalized spacial score (nSPS) is 20.6. The zero-order valence-electron chi connectivity index (χ0n) is 17.8. The van der Waals surface area contributed by atoms with Crippen molar-refractivity contribution in [2.24, 2.45) is 0 Å². The molecular weight excluding hydrogens is 362 g/mol. The number of hydrogen-bond donors (Lipinski definition) is 0. The van der Waals surface area contributed by atoms with E-state index < -0.39 is 0 Å². The van der Waals surface area contributed by atoms with E-state index >= 15 is 0 Å². The molecule has 0 saturated carbocycles. The van der Waals surface area contributed by atoms with Crippen molar-refractivity contribution in [2.75, 3.05) is 81.7 Å². The minimum atomic E-state index is 0.282. The molecule has 0 N–H and O–H groups in total. The SMILES string of the molecule is COc1ccc(N2CC[N]C(N3CCN(c4ccc(N(C)C)cc4)CC3)C2)cc1. The highest BCUT2D eigenvalue weighted by Gasteiger charge is 2.29. The Balaban J connectivity index is 1.33. The van der Waals surface area contributed by atoms with E-state index in [9.17, 15) is 0 Å². The summed E-state index contributed by atoms with van der Waals surface area (Å²) in [5.41, 5.74) is 3.81. The Hall–Kier alpha value is -2.44. The molecular formula is C23H32N5O. The van der Waals surface area contributed by atoms with Gasteiger partial charge in [0.25, 0.3) is 0 Å². The van der Waals surface area contributed by atoms with E-state index in [1.807, 2.05) is 12.1 Å². The quantitative estimate of drug-likeness (QED) is 0.778. The Bertz CT molecular complexity index is 769. The van der Waals surface area contributed by atoms with E-state index in [-0.39, 0.29) is 6.17 Å². The lowest BCUT2D eigenvalue weighted by atomic mass is 10.2. The van der Waals surface area contributed by atoms with Crippen molar-refractivity contribution in [1.82, 2.24) is 10.2 Å². The molecule has 0 aromatic heterocycles. The van der Waals surface area contributed by atoms with E-state index in [0.29, 0.717) is 0 Å². The number of piperazine rings is 2. The van der Waals surface area contributed by atoms with Gasteiger partial charge in [0, 0.05) is 77.0 Å². The fourth-order valence-corrected chi connectivity index (χ4v) is 4.17. The maximum absolute atomic E-state index is 5.29. The van der Waals surface area contributed by atoms with Gasteiger partial charge in [-0.1, -0.05) is 0 Å². The summed E-state index contributed by atoms with van der Waals surface area (Å²) in [4.78, 5) is 9.62. The highest BCUT2D eigenvalue weighted by atomic mass is 16.5. The summed E-state index contributed by atoms with van der Waals surface area (Å²) in [5.74, 6) is 0.904. The first kappa shape index (κ1) is 19.9. The van der Waals surface area contributed by atoms with Crippen molar-refractivity contribution in [3.63, 3.8) is 0 Å². The smallest absolute Gasteiger partial charge is 0.119 e. The van der Waals surface area contributed by atoms with Crippen LogP contribution in [0.2, 0.25) is 0 Å². The van der Waals surface area contributed by atoms with Crippen LogP contribution in [0.4, 0.5) is 17.1 Å². The molecule has 2 aliphatic heterocycles. The molecule has 0 amide bonds. The second kappa shape index (κ2) is 8.93. The molecule has 2 heterocycles. The zero-order chi connectivity index (χ0) is 20.2. The van der Waals surface area contributed by atoms with Crippen LogP contribution in [0.15, 0.2) is 48.5 Å². The average molecular weight is 395 g/mol. The molecule has 4 rings (SSSR count). The molecule has 1 atom stereocenters. The van der Waals surface area contributed by atoms with Crippen LogP contribution < -0.4 is 24.8 Å². The van der Waals surface area contributed by atoms with Gasteiger partial charge in [-0.25, -0.2) is 5.32 Å². The number of nitrogens with zero attached hydrogens (tertiary/aromatic N) is 5. The molecule has 1 radical (unpaired) electrons. The maximum Gasteiger partial charge on any atom is 0.119 e. The van der Waals surface area contributed by atoms with Gasteiger partial charge in [-0.3, -0.25) is 4.90 Å². The van der Waals surface area contributed by atoms with Crippen molar-refractivity contribution in [3.05, 3.63) is 48.5 Å². The monoisotopic (exact) mass is 394 g/mol. The standard InChI is InChI=1S/C23H32N5O/c1-25(2)19-4-6-20(7-5-19)26-14-16-27(17-15-26)23-18-28(13-12-24-23)21-8-10-22(29-3)11-9-21/h4-11,23H,12-18H2,1-3H3. The van der Waals surface area contributed by atoms with Crippen LogP contribution in [-0.4, -0.2) is 78.1 Å². The molecule has 2 fully saturated rings. The van der Waals surface area contributed by atoms with Gasteiger partial charge < -0.3 is 19.4 Å². The molecule has 2 aromatic carbocycles. The summed E-state index contributed by atoms with van der Waals surface area (Å²) >= 11 is 0. The molecule has 1 unspecified atom stereocenters. The predicted octanol–water partition coefficient (Wildman–Crippen LogP) is 2.33. The Morgan fingerprint density at radius 1 is 0.828 bits per heavy atom. The number of hydrogen-bond acceptors (Lipinski definition) is 5. The summed E-state index contributed by atoms with van der Waals surface area (Å²) in [6.45, 7) is 7.06. The number of rotatable bonds is 5. The van der Waals surface area contributed by atoms with Gasteiger partial charge in [-0.15, -0.1) is 0 Å². The Kier molecular flexibility index (Phi) is 6.11. The Morgan fingerprint density at radius 3 is 2.07 bits per heavy atom. The van der Waals surface area contributed by atoms with E-state index in [0.717, 1.165) is 51.6 Å². The summed E-state index contributed by atoms with van der Waals surface area (Å²) in [7, 11) is 5.87. The van der Waals surface area contributed by atoms with Gasteiger partial charge in [0.05, 0.1) is 13.3 Å². The summed E-state index contributed by atoms with van der Waals surface area (Å²) in [5, 5.41) is 4.93. The van der Waals surface area contributed by atoms with Gasteiger partial charge in [-0.05, 0) is 48.5 Å². The second-order valence-electron chi connectivity index (χ2n) is 7.96. The lowest BCUT2D eigenvalue weighted by Gasteiger charge is -2.44. The van der Waals surface area contributed by atoms with Crippen molar-refractivity contribution >= 4 is 17.1 Å². The molecule has 6 heteroatoms. The Morgan fingerprint density at radius 2 is 1.45 bits per heavy atom. The van der Waals surface area contributed by atoms with Gasteiger partial charge in [0.15, 0.2) is 0 Å². The molecule has 0 spiro atoms. The first-order chi connectivity index (χ1) is 14.1. The number of benzene rings is 2. The third-order valence-corrected chi connectivity index (χ3v) is 6.00. The predicted molar refractivity (Wildman–Crippen MR) is 121 cm³/mol. The van der Waals surface area contributed by atoms with E-state index in [2.05, 4.69) is 70.1 Å². The molecule has 6 nitrogen and oxygen atoms in total. The molecule has 2 aromatic rings. The molecule has 155 valence electrons. The first-order valence-corrected chi connectivity index (χ1v) is 10.5. The minimum Gasteiger partial charge on any atom is -0.497 e. The van der Waals surface area contributed by atoms with Crippen molar-refractivity contribution in [1.29, 1.82) is 0 Å². The fourth-order valence-electron chi connectivity index (χ4n) is 4.17. The maximum atomic E-state index is 5.29. The van der Waals surface area contributed by atoms with E-state index in [1.165, 1.54) is 17.1 Å². The average Bonchev–Trinajstić information content (AvgIpc) is 2.79. The van der Waals surface area contributed by atoms with E-state index in [4.69, 9.17) is 10.1 Å². The van der Waals surface area contributed by atoms with Crippen molar-refractivity contribution < 1.29 is 4.74 Å². The third kappa shape index (κ3) is 4.60. The van der Waals surface area contributed by atoms with Gasteiger partial charge >= 0.3 is 0 Å². The van der Waals surface area contributed by atoms with Gasteiger partial charge in [0.1, 0.15) is 5.75 Å². The largest absolute Gasteiger partial charge is 0.497 e. The van der Waals surface area contributed by atoms with Crippen molar-refractivity contribution in [3.8, 4) is 5.75 Å². The number of anilines is 3. The van der Waals surface area contributed by atoms with Crippen molar-refractivity contribution in [2.45, 2.75) is 6.17 Å². The lowest BCUT2D eigenvalue weighted by Crippen LogP contribution is -2.60. The van der Waals surface area contributed by atoms with Crippen LogP contribution >= 0.6 is 0 Å². The summed E-state index contributed by atoms with van der Waals surface area (Å²) < 4.78 is 5.29. The second-order valence-corrected chi connectivity index (χ2v) is 7.96. The van der Waals surface area contributed by atoms with Crippen LogP contribution in [0.5, 0.6) is 5.75 Å². The highest BCUT2D eigenvalue weighted by molar-refractivity contribution is 5.56. The van der Waals surface area contributed by atoms with Crippen LogP contribution in [0.25, 0.3) is 0 Å². The third-order valence-electron chi connectivity index (χ3n) is 6.00. The number of ether oxygens (including phenoxy) is 1. The molecule has 2 saturated heterocycles. The Labute approximate surface area is 174 Å². The number of methoxy groups -OCH3 is 1. The van der Waals surface area contributed by atoms with Crippen LogP contribution in [0.3, 0.4) is 0 Å². The zero-order valence-corrected chi connectivity index (χ0v) is 17.8. The minimum absolute atomic E-state index is 0.282. The van der Waals surface area contributed by atoms with Crippen LogP contribution in [-0.2, 0) is 0 Å². The molecule has 29 heavy (non-hydrogen) atoms. The molecule has 0 aliphatic carbocycles. The lowest BCUT2D eigenvalue weighted by molar-refractivity contribution is 0.145. The highest BCUT2D eigenvalue weighted by Crippen LogP contribution is 2.24. The van der Waals surface area contributed by atoms with Crippen LogP contribution in [0, 0.1) is 0 Å². The fraction of sp³-hybridized carbons (Fsp3) is 0.478. The van der Waals surface area contributed by atoms with Gasteiger partial charge in [-0.2, -0.15) is 0 Å². The molecule has 2 aliphatic rings. The molecule has 0 bridgehead atoms. The van der Waals surface area contributed by atoms with Crippen LogP contribution in [0.1, 0.15) is 0 Å². The van der Waals surface area contributed by atoms with Gasteiger partial charge in [0.2, 0.25) is 0 Å².